The molecule has 15 heteroatoms. The summed E-state index contributed by atoms with van der Waals surface area (Å²) in [4.78, 5) is 17.6. The van der Waals surface area contributed by atoms with Crippen LogP contribution in [0.25, 0.3) is 28.2 Å². The van der Waals surface area contributed by atoms with E-state index in [-0.39, 0.29) is 11.6 Å². The Hall–Kier alpha value is -4.66. The van der Waals surface area contributed by atoms with E-state index < -0.39 is 25.2 Å². The lowest BCUT2D eigenvalue weighted by Gasteiger charge is -2.31. The predicted molar refractivity (Wildman–Crippen MR) is 131 cm³/mol. The van der Waals surface area contributed by atoms with Crippen molar-refractivity contribution in [2.75, 3.05) is 5.32 Å². The summed E-state index contributed by atoms with van der Waals surface area (Å²) in [5.74, 6) is 0.0794. The highest BCUT2D eigenvalue weighted by Crippen LogP contribution is 2.39. The Bertz CT molecular complexity index is 1690. The van der Waals surface area contributed by atoms with Crippen LogP contribution < -0.4 is 5.32 Å². The zero-order valence-electron chi connectivity index (χ0n) is 20.7. The molecule has 0 spiro atoms. The molecule has 1 N–H and O–H groups in total. The van der Waals surface area contributed by atoms with E-state index in [1.807, 2.05) is 6.92 Å². The van der Waals surface area contributed by atoms with E-state index in [9.17, 15) is 22.4 Å². The number of benzene rings is 1. The van der Waals surface area contributed by atoms with Crippen LogP contribution in [-0.2, 0) is 4.74 Å². The molecule has 1 aliphatic carbocycles. The molecule has 1 fully saturated rings. The van der Waals surface area contributed by atoms with E-state index in [1.165, 1.54) is 10.7 Å². The van der Waals surface area contributed by atoms with Gasteiger partial charge in [-0.3, -0.25) is 4.79 Å². The van der Waals surface area contributed by atoms with Gasteiger partial charge in [-0.15, -0.1) is 5.10 Å². The lowest BCUT2D eigenvalue weighted by atomic mass is 9.82. The Morgan fingerprint density at radius 1 is 1.12 bits per heavy atom. The molecule has 0 atom stereocenters. The molecule has 6 rings (SSSR count). The lowest BCUT2D eigenvalue weighted by molar-refractivity contribution is -0.185. The molecule has 0 radical (unpaired) electrons. The number of hydrogen-bond donors (Lipinski definition) is 1. The first-order chi connectivity index (χ1) is 19.2. The van der Waals surface area contributed by atoms with Gasteiger partial charge in [-0.2, -0.15) is 32.3 Å². The second-order valence-corrected chi connectivity index (χ2v) is 9.29. The van der Waals surface area contributed by atoms with Gasteiger partial charge in [0.05, 0.1) is 29.6 Å². The number of anilines is 1. The van der Waals surface area contributed by atoms with Crippen LogP contribution in [0.2, 0.25) is 0 Å². The number of hydrogen-bond acceptors (Lipinski definition) is 8. The first kappa shape index (κ1) is 25.6. The molecule has 0 saturated heterocycles. The van der Waals surface area contributed by atoms with Gasteiger partial charge in [0.25, 0.3) is 5.91 Å². The van der Waals surface area contributed by atoms with Crippen molar-refractivity contribution >= 4 is 17.1 Å². The Morgan fingerprint density at radius 3 is 2.67 bits per heavy atom. The maximum Gasteiger partial charge on any atom is 0.345 e. The first-order valence-electron chi connectivity index (χ1n) is 12.1. The molecule has 5 aromatic rings. The number of carbonyl (C=O) groups is 1. The van der Waals surface area contributed by atoms with Crippen LogP contribution in [0.4, 0.5) is 23.2 Å². The minimum absolute atomic E-state index is 0.151. The normalized spacial score (nSPS) is 17.1. The van der Waals surface area contributed by atoms with Gasteiger partial charge in [0.2, 0.25) is 11.7 Å². The van der Waals surface area contributed by atoms with Gasteiger partial charge >= 0.3 is 13.2 Å². The van der Waals surface area contributed by atoms with Gasteiger partial charge in [-0.05, 0) is 43.5 Å². The van der Waals surface area contributed by atoms with Crippen LogP contribution in [0.15, 0.2) is 53.4 Å². The minimum atomic E-state index is -2.81. The number of alkyl halides is 4. The monoisotopic (exact) mass is 556 g/mol. The number of aromatic nitrogens is 7. The summed E-state index contributed by atoms with van der Waals surface area (Å²) < 4.78 is 62.1. The van der Waals surface area contributed by atoms with Crippen LogP contribution in [-0.4, -0.2) is 53.4 Å². The average molecular weight is 556 g/mol. The largest absolute Gasteiger partial charge is 0.345 e. The third-order valence-corrected chi connectivity index (χ3v) is 6.69. The van der Waals surface area contributed by atoms with Crippen molar-refractivity contribution in [3.8, 4) is 22.6 Å². The molecule has 11 nitrogen and oxygen atoms in total. The number of rotatable bonds is 8. The van der Waals surface area contributed by atoms with E-state index >= 15 is 0 Å². The smallest absolute Gasteiger partial charge is 0.339 e. The quantitative estimate of drug-likeness (QED) is 0.262. The summed E-state index contributed by atoms with van der Waals surface area (Å²) >= 11 is 0. The molecule has 40 heavy (non-hydrogen) atoms. The van der Waals surface area contributed by atoms with Gasteiger partial charge in [-0.1, -0.05) is 22.5 Å². The highest BCUT2D eigenvalue weighted by atomic mass is 19.3. The van der Waals surface area contributed by atoms with Crippen molar-refractivity contribution in [1.82, 2.24) is 34.7 Å². The van der Waals surface area contributed by atoms with Crippen LogP contribution >= 0.6 is 0 Å². The molecule has 0 bridgehead atoms. The summed E-state index contributed by atoms with van der Waals surface area (Å²) in [7, 11) is 0. The Labute approximate surface area is 222 Å². The van der Waals surface area contributed by atoms with Crippen molar-refractivity contribution in [2.45, 2.75) is 44.9 Å². The van der Waals surface area contributed by atoms with Crippen molar-refractivity contribution in [3.05, 3.63) is 65.9 Å². The number of halogens is 4. The lowest BCUT2D eigenvalue weighted by Crippen LogP contribution is -2.31. The third kappa shape index (κ3) is 4.90. The van der Waals surface area contributed by atoms with Gasteiger partial charge in [0.1, 0.15) is 5.69 Å². The number of nitrogens with zero attached hydrogens (tertiary/aromatic N) is 7. The SMILES string of the molecule is Cc1ccc(-c2noc(C3CC(OC(F)F)C3)n2)cc1NC(=O)c1cnn2cc(-c3cn(C(F)F)nn3)ccc12. The summed E-state index contributed by atoms with van der Waals surface area (Å²) in [6.45, 7) is -3.79. The molecule has 1 aromatic carbocycles. The van der Waals surface area contributed by atoms with Gasteiger partial charge in [-0.25, -0.2) is 4.52 Å². The van der Waals surface area contributed by atoms with E-state index in [1.54, 1.807) is 36.5 Å². The fraction of sp³-hybridized carbons (Fsp3) is 0.280. The number of amides is 1. The minimum Gasteiger partial charge on any atom is -0.339 e. The highest BCUT2D eigenvalue weighted by Gasteiger charge is 2.36. The highest BCUT2D eigenvalue weighted by molar-refractivity contribution is 6.09. The summed E-state index contributed by atoms with van der Waals surface area (Å²) in [5.41, 5.74) is 3.41. The molecular formula is C25H20F4N8O3. The van der Waals surface area contributed by atoms with Crippen molar-refractivity contribution in [2.24, 2.45) is 0 Å². The molecule has 4 heterocycles. The van der Waals surface area contributed by atoms with Crippen LogP contribution in [0.5, 0.6) is 0 Å². The fourth-order valence-corrected chi connectivity index (χ4v) is 4.44. The Balaban J connectivity index is 1.18. The van der Waals surface area contributed by atoms with Crippen molar-refractivity contribution in [3.63, 3.8) is 0 Å². The zero-order chi connectivity index (χ0) is 28.0. The molecule has 0 aliphatic heterocycles. The van der Waals surface area contributed by atoms with Crippen LogP contribution in [0, 0.1) is 6.92 Å². The van der Waals surface area contributed by atoms with Gasteiger partial charge in [0, 0.05) is 28.9 Å². The van der Waals surface area contributed by atoms with E-state index in [0.717, 1.165) is 11.8 Å². The number of nitrogens with one attached hydrogen (secondary N) is 1. The number of ether oxygens (including phenoxy) is 1. The molecule has 4 aromatic heterocycles. The summed E-state index contributed by atoms with van der Waals surface area (Å²) in [6, 6.07) is 8.56. The molecule has 206 valence electrons. The predicted octanol–water partition coefficient (Wildman–Crippen LogP) is 5.08. The Kier molecular flexibility index (Phi) is 6.50. The van der Waals surface area contributed by atoms with Crippen LogP contribution in [0.1, 0.15) is 47.1 Å². The molecule has 0 unspecified atom stereocenters. The van der Waals surface area contributed by atoms with Gasteiger partial charge in [0.15, 0.2) is 0 Å². The second kappa shape index (κ2) is 10.1. The van der Waals surface area contributed by atoms with Crippen molar-refractivity contribution in [1.29, 1.82) is 0 Å². The van der Waals surface area contributed by atoms with Crippen molar-refractivity contribution < 1.29 is 31.6 Å². The standard InChI is InChI=1S/C25H20F4N8O3/c1-12-2-3-13(21-32-23(40-34-21)15-6-16(7-15)39-25(28)29)8-18(12)31-22(38)17-9-30-36-10-14(4-5-20(17)36)19-11-37(24(26)27)35-33-19/h2-5,8-11,15-16,24-25H,6-7H2,1H3,(H,31,38). The fourth-order valence-electron chi connectivity index (χ4n) is 4.44. The van der Waals surface area contributed by atoms with E-state index in [4.69, 9.17) is 4.52 Å². The average Bonchev–Trinajstić information content (AvgIpc) is 3.66. The van der Waals surface area contributed by atoms with E-state index in [2.05, 4.69) is 35.6 Å². The first-order valence-corrected chi connectivity index (χ1v) is 12.1. The topological polar surface area (TPSA) is 125 Å². The van der Waals surface area contributed by atoms with Crippen LogP contribution in [0.3, 0.4) is 0 Å². The molecule has 1 aliphatic rings. The number of aryl methyl sites for hydroxylation is 1. The number of pyridine rings is 1. The second-order valence-electron chi connectivity index (χ2n) is 9.29. The maximum atomic E-state index is 13.2. The molecule has 1 saturated carbocycles. The number of carbonyl (C=O) groups excluding carboxylic acids is 1. The Morgan fingerprint density at radius 2 is 1.93 bits per heavy atom. The summed E-state index contributed by atoms with van der Waals surface area (Å²) in [6.07, 6.45) is 4.30. The van der Waals surface area contributed by atoms with E-state index in [0.29, 0.717) is 57.1 Å². The van der Waals surface area contributed by atoms with Gasteiger partial charge < -0.3 is 14.6 Å². The summed E-state index contributed by atoms with van der Waals surface area (Å²) in [5, 5.41) is 18.3. The molecule has 1 amide bonds. The maximum absolute atomic E-state index is 13.2. The molecular weight excluding hydrogens is 536 g/mol. The third-order valence-electron chi connectivity index (χ3n) is 6.69. The number of fused-ring (bicyclic) bond motifs is 1. The zero-order valence-corrected chi connectivity index (χ0v) is 20.7.